The number of carbonyl (C=O) groups is 1. The van der Waals surface area contributed by atoms with Crippen molar-refractivity contribution in [2.24, 2.45) is 0 Å². The number of hydrogen-bond donors (Lipinski definition) is 0. The fourth-order valence-electron chi connectivity index (χ4n) is 3.36. The Morgan fingerprint density at radius 1 is 1.32 bits per heavy atom. The molecule has 0 saturated carbocycles. The van der Waals surface area contributed by atoms with Crippen molar-refractivity contribution in [3.8, 4) is 0 Å². The van der Waals surface area contributed by atoms with E-state index in [1.165, 1.54) is 0 Å². The number of carbonyl (C=O) groups excluding carboxylic acids is 1. The van der Waals surface area contributed by atoms with Crippen LogP contribution in [0.1, 0.15) is 44.5 Å². The van der Waals surface area contributed by atoms with E-state index < -0.39 is 0 Å². The summed E-state index contributed by atoms with van der Waals surface area (Å²) in [5.74, 6) is 2.31. The highest BCUT2D eigenvalue weighted by atomic mass is 16.2. The van der Waals surface area contributed by atoms with Crippen molar-refractivity contribution in [2.75, 3.05) is 31.6 Å². The largest absolute Gasteiger partial charge is 0.349 e. The average Bonchev–Trinajstić information content (AvgIpc) is 3.12. The van der Waals surface area contributed by atoms with Crippen molar-refractivity contribution in [3.05, 3.63) is 36.8 Å². The predicted molar refractivity (Wildman–Crippen MR) is 96.5 cm³/mol. The standard InChI is InChI=1S/C18H26N6O/c1-14(2)18-21-8-10-24(18)15-5-4-9-23(12-15)17(25)13-22(3)16-11-19-6-7-20-16/h6-8,10-11,14-15H,4-5,9,12-13H2,1-3H3. The predicted octanol–water partition coefficient (Wildman–Crippen LogP) is 2.10. The Hall–Kier alpha value is -2.44. The van der Waals surface area contributed by atoms with E-state index in [2.05, 4.69) is 33.4 Å². The smallest absolute Gasteiger partial charge is 0.242 e. The highest BCUT2D eigenvalue weighted by molar-refractivity contribution is 5.81. The van der Waals surface area contributed by atoms with Crippen molar-refractivity contribution < 1.29 is 4.79 Å². The monoisotopic (exact) mass is 342 g/mol. The maximum absolute atomic E-state index is 12.7. The van der Waals surface area contributed by atoms with Crippen molar-refractivity contribution in [2.45, 2.75) is 38.6 Å². The van der Waals surface area contributed by atoms with Crippen LogP contribution in [-0.2, 0) is 4.79 Å². The van der Waals surface area contributed by atoms with E-state index >= 15 is 0 Å². The maximum Gasteiger partial charge on any atom is 0.242 e. The number of nitrogens with zero attached hydrogens (tertiary/aromatic N) is 6. The van der Waals surface area contributed by atoms with Gasteiger partial charge in [-0.2, -0.15) is 0 Å². The van der Waals surface area contributed by atoms with Gasteiger partial charge in [0.25, 0.3) is 0 Å². The molecule has 1 saturated heterocycles. The van der Waals surface area contributed by atoms with Gasteiger partial charge in [-0.1, -0.05) is 13.8 Å². The van der Waals surface area contributed by atoms with Crippen LogP contribution in [0.5, 0.6) is 0 Å². The molecule has 7 heteroatoms. The summed E-state index contributed by atoms with van der Waals surface area (Å²) >= 11 is 0. The van der Waals surface area contributed by atoms with Gasteiger partial charge in [0.05, 0.1) is 18.8 Å². The van der Waals surface area contributed by atoms with Crippen LogP contribution in [0.3, 0.4) is 0 Å². The van der Waals surface area contributed by atoms with E-state index in [0.29, 0.717) is 24.3 Å². The molecule has 3 rings (SSSR count). The van der Waals surface area contributed by atoms with Gasteiger partial charge in [0, 0.05) is 50.8 Å². The van der Waals surface area contributed by atoms with Crippen molar-refractivity contribution >= 4 is 11.7 Å². The highest BCUT2D eigenvalue weighted by Gasteiger charge is 2.27. The molecule has 0 radical (unpaired) electrons. The van der Waals surface area contributed by atoms with Gasteiger partial charge in [-0.05, 0) is 12.8 Å². The van der Waals surface area contributed by atoms with E-state index in [4.69, 9.17) is 0 Å². The molecule has 0 aliphatic carbocycles. The van der Waals surface area contributed by atoms with E-state index in [-0.39, 0.29) is 5.91 Å². The normalized spacial score (nSPS) is 17.8. The molecule has 7 nitrogen and oxygen atoms in total. The van der Waals surface area contributed by atoms with Crippen LogP contribution in [0, 0.1) is 0 Å². The van der Waals surface area contributed by atoms with E-state index in [1.54, 1.807) is 18.6 Å². The lowest BCUT2D eigenvalue weighted by Gasteiger charge is -2.35. The van der Waals surface area contributed by atoms with Gasteiger partial charge in [0.2, 0.25) is 5.91 Å². The first-order valence-corrected chi connectivity index (χ1v) is 8.84. The molecule has 1 aliphatic rings. The molecule has 134 valence electrons. The molecule has 1 aliphatic heterocycles. The summed E-state index contributed by atoms with van der Waals surface area (Å²) in [6, 6.07) is 0.305. The zero-order chi connectivity index (χ0) is 17.8. The number of aromatic nitrogens is 4. The minimum atomic E-state index is 0.129. The van der Waals surface area contributed by atoms with Crippen LogP contribution in [0.2, 0.25) is 0 Å². The summed E-state index contributed by atoms with van der Waals surface area (Å²) < 4.78 is 2.25. The molecule has 1 fully saturated rings. The molecule has 25 heavy (non-hydrogen) atoms. The molecule has 1 atom stereocenters. The van der Waals surface area contributed by atoms with Crippen molar-refractivity contribution in [1.29, 1.82) is 0 Å². The number of amides is 1. The minimum Gasteiger partial charge on any atom is -0.349 e. The van der Waals surface area contributed by atoms with Crippen molar-refractivity contribution in [3.63, 3.8) is 0 Å². The fraction of sp³-hybridized carbons (Fsp3) is 0.556. The van der Waals surface area contributed by atoms with Crippen LogP contribution < -0.4 is 4.90 Å². The second kappa shape index (κ2) is 7.63. The van der Waals surface area contributed by atoms with Gasteiger partial charge in [-0.15, -0.1) is 0 Å². The first-order chi connectivity index (χ1) is 12.1. The van der Waals surface area contributed by atoms with Gasteiger partial charge in [0.1, 0.15) is 11.6 Å². The van der Waals surface area contributed by atoms with Crippen LogP contribution in [-0.4, -0.2) is 57.0 Å². The Kier molecular flexibility index (Phi) is 5.31. The number of rotatable bonds is 5. The van der Waals surface area contributed by atoms with Crippen LogP contribution >= 0.6 is 0 Å². The van der Waals surface area contributed by atoms with Gasteiger partial charge in [-0.3, -0.25) is 9.78 Å². The number of likely N-dealkylation sites (N-methyl/N-ethyl adjacent to an activating group) is 1. The van der Waals surface area contributed by atoms with E-state index in [9.17, 15) is 4.79 Å². The third-order valence-corrected chi connectivity index (χ3v) is 4.67. The van der Waals surface area contributed by atoms with Gasteiger partial charge in [0.15, 0.2) is 0 Å². The molecule has 0 bridgehead atoms. The van der Waals surface area contributed by atoms with E-state index in [0.717, 1.165) is 31.8 Å². The van der Waals surface area contributed by atoms with Gasteiger partial charge in [-0.25, -0.2) is 9.97 Å². The van der Waals surface area contributed by atoms with Crippen LogP contribution in [0.25, 0.3) is 0 Å². The zero-order valence-corrected chi connectivity index (χ0v) is 15.2. The number of hydrogen-bond acceptors (Lipinski definition) is 5. The van der Waals surface area contributed by atoms with Crippen LogP contribution in [0.4, 0.5) is 5.82 Å². The summed E-state index contributed by atoms with van der Waals surface area (Å²) in [7, 11) is 1.87. The molecule has 0 aromatic carbocycles. The fourth-order valence-corrected chi connectivity index (χ4v) is 3.36. The molecule has 2 aromatic rings. The molecular weight excluding hydrogens is 316 g/mol. The lowest BCUT2D eigenvalue weighted by atomic mass is 10.0. The average molecular weight is 342 g/mol. The molecular formula is C18H26N6O. The Labute approximate surface area is 148 Å². The Morgan fingerprint density at radius 3 is 2.88 bits per heavy atom. The third-order valence-electron chi connectivity index (χ3n) is 4.67. The molecule has 2 aromatic heterocycles. The number of likely N-dealkylation sites (tertiary alicyclic amines) is 1. The Balaban J connectivity index is 1.65. The first-order valence-electron chi connectivity index (χ1n) is 8.84. The van der Waals surface area contributed by atoms with E-state index in [1.807, 2.05) is 29.2 Å². The number of imidazole rings is 1. The number of piperidine rings is 1. The quantitative estimate of drug-likeness (QED) is 0.832. The Bertz CT molecular complexity index is 699. The van der Waals surface area contributed by atoms with Gasteiger partial charge < -0.3 is 14.4 Å². The molecule has 1 unspecified atom stereocenters. The highest BCUT2D eigenvalue weighted by Crippen LogP contribution is 2.25. The lowest BCUT2D eigenvalue weighted by Crippen LogP contribution is -2.45. The first kappa shape index (κ1) is 17.4. The lowest BCUT2D eigenvalue weighted by molar-refractivity contribution is -0.131. The molecule has 0 spiro atoms. The summed E-state index contributed by atoms with van der Waals surface area (Å²) in [5, 5.41) is 0. The second-order valence-electron chi connectivity index (χ2n) is 6.90. The summed E-state index contributed by atoms with van der Waals surface area (Å²) in [6.45, 7) is 6.17. The Morgan fingerprint density at radius 2 is 2.16 bits per heavy atom. The van der Waals surface area contributed by atoms with Crippen LogP contribution in [0.15, 0.2) is 31.0 Å². The summed E-state index contributed by atoms with van der Waals surface area (Å²) in [6.07, 6.45) is 10.9. The molecule has 3 heterocycles. The molecule has 0 N–H and O–H groups in total. The molecule has 1 amide bonds. The summed E-state index contributed by atoms with van der Waals surface area (Å²) in [4.78, 5) is 29.3. The van der Waals surface area contributed by atoms with Crippen molar-refractivity contribution in [1.82, 2.24) is 24.4 Å². The van der Waals surface area contributed by atoms with Gasteiger partial charge >= 0.3 is 0 Å². The SMILES string of the molecule is CC(C)c1nccn1C1CCCN(C(=O)CN(C)c2cnccn2)C1. The topological polar surface area (TPSA) is 67.2 Å². The maximum atomic E-state index is 12.7. The number of anilines is 1. The second-order valence-corrected chi connectivity index (χ2v) is 6.90. The zero-order valence-electron chi connectivity index (χ0n) is 15.2. The third kappa shape index (κ3) is 3.97. The summed E-state index contributed by atoms with van der Waals surface area (Å²) in [5.41, 5.74) is 0. The minimum absolute atomic E-state index is 0.129.